The van der Waals surface area contributed by atoms with Gasteiger partial charge in [0.15, 0.2) is 0 Å². The molecule has 0 saturated heterocycles. The smallest absolute Gasteiger partial charge is 0.0627 e. The summed E-state index contributed by atoms with van der Waals surface area (Å²) in [6, 6.07) is 2.69. The Kier molecular flexibility index (Phi) is 6.74. The van der Waals surface area contributed by atoms with Crippen LogP contribution in [0.5, 0.6) is 0 Å². The van der Waals surface area contributed by atoms with Gasteiger partial charge < -0.3 is 5.32 Å². The van der Waals surface area contributed by atoms with Crippen LogP contribution < -0.4 is 5.32 Å². The van der Waals surface area contributed by atoms with E-state index in [1.165, 1.54) is 18.5 Å². The standard InChI is InChI=1S/C17H33N3/c1-7-9-15(13-18-17(4,5)6)12-16-10-11-20(19-16)14(3)8-2/h10-11,14-15,18H,7-9,12-13H2,1-6H3. The average Bonchev–Trinajstić information content (AvgIpc) is 2.83. The predicted octanol–water partition coefficient (Wildman–Crippen LogP) is 4.20. The van der Waals surface area contributed by atoms with E-state index in [9.17, 15) is 0 Å². The summed E-state index contributed by atoms with van der Waals surface area (Å²) in [4.78, 5) is 0. The van der Waals surface area contributed by atoms with E-state index in [0.29, 0.717) is 12.0 Å². The van der Waals surface area contributed by atoms with E-state index in [-0.39, 0.29) is 5.54 Å². The molecule has 0 bridgehead atoms. The fourth-order valence-electron chi connectivity index (χ4n) is 2.35. The zero-order chi connectivity index (χ0) is 15.2. The van der Waals surface area contributed by atoms with Crippen molar-refractivity contribution in [2.45, 2.75) is 78.8 Å². The maximum atomic E-state index is 4.74. The molecule has 20 heavy (non-hydrogen) atoms. The van der Waals surface area contributed by atoms with Gasteiger partial charge in [0.25, 0.3) is 0 Å². The van der Waals surface area contributed by atoms with Crippen molar-refractivity contribution in [3.05, 3.63) is 18.0 Å². The summed E-state index contributed by atoms with van der Waals surface area (Å²) in [5.41, 5.74) is 1.43. The molecule has 0 radical (unpaired) electrons. The zero-order valence-corrected chi connectivity index (χ0v) is 14.2. The largest absolute Gasteiger partial charge is 0.312 e. The first-order chi connectivity index (χ1) is 9.35. The Morgan fingerprint density at radius 2 is 2.00 bits per heavy atom. The van der Waals surface area contributed by atoms with Crippen molar-refractivity contribution < 1.29 is 0 Å². The van der Waals surface area contributed by atoms with E-state index in [0.717, 1.165) is 19.4 Å². The maximum absolute atomic E-state index is 4.74. The van der Waals surface area contributed by atoms with Crippen molar-refractivity contribution in [2.75, 3.05) is 6.54 Å². The van der Waals surface area contributed by atoms with Gasteiger partial charge in [-0.05, 0) is 65.5 Å². The van der Waals surface area contributed by atoms with Crippen molar-refractivity contribution in [1.82, 2.24) is 15.1 Å². The summed E-state index contributed by atoms with van der Waals surface area (Å²) < 4.78 is 2.11. The van der Waals surface area contributed by atoms with Gasteiger partial charge in [-0.15, -0.1) is 0 Å². The van der Waals surface area contributed by atoms with E-state index in [1.54, 1.807) is 0 Å². The highest BCUT2D eigenvalue weighted by atomic mass is 15.3. The minimum Gasteiger partial charge on any atom is -0.312 e. The van der Waals surface area contributed by atoms with Crippen LogP contribution in [0.15, 0.2) is 12.3 Å². The second-order valence-corrected chi connectivity index (χ2v) is 7.03. The van der Waals surface area contributed by atoms with Gasteiger partial charge in [0.2, 0.25) is 0 Å². The Morgan fingerprint density at radius 1 is 1.30 bits per heavy atom. The van der Waals surface area contributed by atoms with E-state index in [4.69, 9.17) is 5.10 Å². The van der Waals surface area contributed by atoms with Crippen molar-refractivity contribution in [1.29, 1.82) is 0 Å². The highest BCUT2D eigenvalue weighted by molar-refractivity contribution is 5.01. The van der Waals surface area contributed by atoms with Crippen LogP contribution in [-0.4, -0.2) is 21.9 Å². The minimum atomic E-state index is 0.197. The normalized spacial score (nSPS) is 15.3. The lowest BCUT2D eigenvalue weighted by Gasteiger charge is -2.25. The Hall–Kier alpha value is -0.830. The molecule has 0 aliphatic rings. The van der Waals surface area contributed by atoms with Crippen LogP contribution in [0.3, 0.4) is 0 Å². The molecule has 1 heterocycles. The lowest BCUT2D eigenvalue weighted by Crippen LogP contribution is -2.39. The van der Waals surface area contributed by atoms with E-state index < -0.39 is 0 Å². The Bertz CT molecular complexity index is 376. The molecule has 0 aliphatic heterocycles. The molecule has 2 atom stereocenters. The third kappa shape index (κ3) is 6.08. The summed E-state index contributed by atoms with van der Waals surface area (Å²) in [6.07, 6.45) is 6.84. The third-order valence-corrected chi connectivity index (χ3v) is 3.82. The number of aromatic nitrogens is 2. The summed E-state index contributed by atoms with van der Waals surface area (Å²) in [6.45, 7) is 14.5. The first-order valence-corrected chi connectivity index (χ1v) is 8.14. The summed E-state index contributed by atoms with van der Waals surface area (Å²) in [5.74, 6) is 0.680. The van der Waals surface area contributed by atoms with Gasteiger partial charge in [-0.3, -0.25) is 4.68 Å². The molecule has 0 saturated carbocycles. The molecule has 0 aromatic carbocycles. The second-order valence-electron chi connectivity index (χ2n) is 7.03. The van der Waals surface area contributed by atoms with Crippen molar-refractivity contribution >= 4 is 0 Å². The van der Waals surface area contributed by atoms with E-state index in [1.807, 2.05) is 0 Å². The average molecular weight is 279 g/mol. The topological polar surface area (TPSA) is 29.9 Å². The van der Waals surface area contributed by atoms with Crippen LogP contribution in [0.2, 0.25) is 0 Å². The molecule has 116 valence electrons. The Balaban J connectivity index is 2.58. The molecular weight excluding hydrogens is 246 g/mol. The fraction of sp³-hybridized carbons (Fsp3) is 0.824. The maximum Gasteiger partial charge on any atom is 0.0627 e. The van der Waals surface area contributed by atoms with Crippen LogP contribution in [0.1, 0.15) is 72.5 Å². The predicted molar refractivity (Wildman–Crippen MR) is 87.1 cm³/mol. The second kappa shape index (κ2) is 7.82. The molecule has 0 spiro atoms. The summed E-state index contributed by atoms with van der Waals surface area (Å²) in [7, 11) is 0. The number of hydrogen-bond acceptors (Lipinski definition) is 2. The highest BCUT2D eigenvalue weighted by Gasteiger charge is 2.15. The van der Waals surface area contributed by atoms with Crippen LogP contribution in [0, 0.1) is 5.92 Å². The Morgan fingerprint density at radius 3 is 2.55 bits per heavy atom. The summed E-state index contributed by atoms with van der Waals surface area (Å²) >= 11 is 0. The van der Waals surface area contributed by atoms with Crippen molar-refractivity contribution in [3.63, 3.8) is 0 Å². The molecule has 0 amide bonds. The molecule has 3 nitrogen and oxygen atoms in total. The molecule has 0 aliphatic carbocycles. The lowest BCUT2D eigenvalue weighted by molar-refractivity contribution is 0.352. The molecule has 1 N–H and O–H groups in total. The lowest BCUT2D eigenvalue weighted by atomic mass is 9.96. The first-order valence-electron chi connectivity index (χ1n) is 8.14. The fourth-order valence-corrected chi connectivity index (χ4v) is 2.35. The van der Waals surface area contributed by atoms with Crippen LogP contribution in [0.4, 0.5) is 0 Å². The van der Waals surface area contributed by atoms with Gasteiger partial charge in [0, 0.05) is 17.8 Å². The zero-order valence-electron chi connectivity index (χ0n) is 14.2. The number of nitrogens with zero attached hydrogens (tertiary/aromatic N) is 2. The molecular formula is C17H33N3. The third-order valence-electron chi connectivity index (χ3n) is 3.82. The SMILES string of the molecule is CCCC(CNC(C)(C)C)Cc1ccn(C(C)CC)n1. The Labute approximate surface area is 125 Å². The molecule has 2 unspecified atom stereocenters. The summed E-state index contributed by atoms with van der Waals surface area (Å²) in [5, 5.41) is 8.37. The van der Waals surface area contributed by atoms with Gasteiger partial charge in [-0.25, -0.2) is 0 Å². The molecule has 1 aromatic heterocycles. The van der Waals surface area contributed by atoms with Crippen LogP contribution in [-0.2, 0) is 6.42 Å². The van der Waals surface area contributed by atoms with E-state index in [2.05, 4.69) is 63.8 Å². The quantitative estimate of drug-likeness (QED) is 0.773. The molecule has 1 aromatic rings. The number of nitrogens with one attached hydrogen (secondary N) is 1. The van der Waals surface area contributed by atoms with Crippen LogP contribution in [0.25, 0.3) is 0 Å². The van der Waals surface area contributed by atoms with E-state index >= 15 is 0 Å². The molecule has 0 fully saturated rings. The number of rotatable bonds is 8. The molecule has 1 rings (SSSR count). The monoisotopic (exact) mass is 279 g/mol. The number of hydrogen-bond donors (Lipinski definition) is 1. The van der Waals surface area contributed by atoms with Gasteiger partial charge >= 0.3 is 0 Å². The first kappa shape index (κ1) is 17.2. The highest BCUT2D eigenvalue weighted by Crippen LogP contribution is 2.16. The van der Waals surface area contributed by atoms with Crippen molar-refractivity contribution in [2.24, 2.45) is 5.92 Å². The van der Waals surface area contributed by atoms with Gasteiger partial charge in [0.05, 0.1) is 5.69 Å². The van der Waals surface area contributed by atoms with Gasteiger partial charge in [-0.2, -0.15) is 5.10 Å². The molecule has 3 heteroatoms. The van der Waals surface area contributed by atoms with Crippen molar-refractivity contribution in [3.8, 4) is 0 Å². The minimum absolute atomic E-state index is 0.197. The van der Waals surface area contributed by atoms with Gasteiger partial charge in [-0.1, -0.05) is 20.3 Å². The van der Waals surface area contributed by atoms with Gasteiger partial charge in [0.1, 0.15) is 0 Å². The van der Waals surface area contributed by atoms with Crippen LogP contribution >= 0.6 is 0 Å².